The highest BCUT2D eigenvalue weighted by molar-refractivity contribution is 6.33. The SMILES string of the molecule is COc1ccc(/C=C2\Oc3cc(OC(=O)c4ccccc4Cl)cc(C)c3C2=O)c(OC)c1OC. The number of benzene rings is 3. The van der Waals surface area contributed by atoms with E-state index in [1.54, 1.807) is 55.5 Å². The van der Waals surface area contributed by atoms with E-state index in [2.05, 4.69) is 0 Å². The molecule has 0 N–H and O–H groups in total. The summed E-state index contributed by atoms with van der Waals surface area (Å²) in [6, 6.07) is 13.1. The number of ether oxygens (including phenoxy) is 5. The monoisotopic (exact) mass is 480 g/mol. The number of Topliss-reactive ketones (excluding diaryl/α,β-unsaturated/α-hetero) is 1. The van der Waals surface area contributed by atoms with Crippen LogP contribution in [0.2, 0.25) is 5.02 Å². The summed E-state index contributed by atoms with van der Waals surface area (Å²) < 4.78 is 27.5. The molecule has 0 spiro atoms. The quantitative estimate of drug-likeness (QED) is 0.261. The highest BCUT2D eigenvalue weighted by Gasteiger charge is 2.31. The summed E-state index contributed by atoms with van der Waals surface area (Å²) in [7, 11) is 4.52. The largest absolute Gasteiger partial charge is 0.493 e. The van der Waals surface area contributed by atoms with Gasteiger partial charge in [0.05, 0.1) is 37.5 Å². The van der Waals surface area contributed by atoms with E-state index in [-0.39, 0.29) is 33.6 Å². The van der Waals surface area contributed by atoms with Gasteiger partial charge in [-0.15, -0.1) is 0 Å². The molecule has 0 bridgehead atoms. The molecule has 0 fully saturated rings. The van der Waals surface area contributed by atoms with Gasteiger partial charge in [0.25, 0.3) is 0 Å². The van der Waals surface area contributed by atoms with Gasteiger partial charge in [0.15, 0.2) is 17.3 Å². The van der Waals surface area contributed by atoms with Crippen molar-refractivity contribution in [1.29, 1.82) is 0 Å². The number of ketones is 1. The third kappa shape index (κ3) is 4.18. The topological polar surface area (TPSA) is 80.3 Å². The number of carbonyl (C=O) groups excluding carboxylic acids is 2. The molecule has 0 atom stereocenters. The maximum absolute atomic E-state index is 13.1. The van der Waals surface area contributed by atoms with Gasteiger partial charge in [-0.3, -0.25) is 4.79 Å². The minimum absolute atomic E-state index is 0.0956. The van der Waals surface area contributed by atoms with Crippen molar-refractivity contribution in [3.05, 3.63) is 81.6 Å². The highest BCUT2D eigenvalue weighted by atomic mass is 35.5. The van der Waals surface area contributed by atoms with E-state index in [9.17, 15) is 9.59 Å². The smallest absolute Gasteiger partial charge is 0.345 e. The lowest BCUT2D eigenvalue weighted by Gasteiger charge is -2.14. The number of halogens is 1. The lowest BCUT2D eigenvalue weighted by molar-refractivity contribution is 0.0734. The van der Waals surface area contributed by atoms with Crippen molar-refractivity contribution in [2.75, 3.05) is 21.3 Å². The zero-order valence-corrected chi connectivity index (χ0v) is 19.7. The van der Waals surface area contributed by atoms with Crippen LogP contribution in [0.1, 0.15) is 31.8 Å². The molecule has 0 aliphatic carbocycles. The van der Waals surface area contributed by atoms with Gasteiger partial charge in [-0.1, -0.05) is 23.7 Å². The second kappa shape index (κ2) is 9.49. The lowest BCUT2D eigenvalue weighted by atomic mass is 10.0. The fourth-order valence-corrected chi connectivity index (χ4v) is 3.92. The van der Waals surface area contributed by atoms with Gasteiger partial charge in [0.2, 0.25) is 11.5 Å². The molecule has 34 heavy (non-hydrogen) atoms. The molecule has 0 amide bonds. The van der Waals surface area contributed by atoms with Crippen molar-refractivity contribution < 1.29 is 33.3 Å². The Kier molecular flexibility index (Phi) is 6.47. The van der Waals surface area contributed by atoms with Crippen molar-refractivity contribution in [3.63, 3.8) is 0 Å². The van der Waals surface area contributed by atoms with E-state index in [0.717, 1.165) is 0 Å². The number of methoxy groups -OCH3 is 3. The van der Waals surface area contributed by atoms with E-state index in [0.29, 0.717) is 33.9 Å². The third-order valence-corrected chi connectivity index (χ3v) is 5.60. The Hall–Kier alpha value is -3.97. The van der Waals surface area contributed by atoms with Crippen LogP contribution in [0.5, 0.6) is 28.7 Å². The van der Waals surface area contributed by atoms with Crippen LogP contribution in [0.4, 0.5) is 0 Å². The van der Waals surface area contributed by atoms with Crippen molar-refractivity contribution >= 4 is 29.4 Å². The Balaban J connectivity index is 1.66. The molecule has 3 aromatic carbocycles. The number of aryl methyl sites for hydroxylation is 1. The number of fused-ring (bicyclic) bond motifs is 1. The van der Waals surface area contributed by atoms with Gasteiger partial charge in [-0.05, 0) is 48.9 Å². The van der Waals surface area contributed by atoms with E-state index in [1.807, 2.05) is 0 Å². The molecule has 174 valence electrons. The standard InChI is InChI=1S/C26H21ClO7/c1-14-11-16(33-26(29)17-7-5-6-8-18(17)27)13-20-22(14)23(28)21(34-20)12-15-9-10-19(30-2)25(32-4)24(15)31-3/h5-13H,1-4H3/b21-12-. The zero-order valence-electron chi connectivity index (χ0n) is 18.9. The number of carbonyl (C=O) groups is 2. The molecule has 0 saturated heterocycles. The third-order valence-electron chi connectivity index (χ3n) is 5.27. The zero-order chi connectivity index (χ0) is 24.4. The summed E-state index contributed by atoms with van der Waals surface area (Å²) in [5.74, 6) is 0.993. The van der Waals surface area contributed by atoms with E-state index in [1.165, 1.54) is 27.4 Å². The summed E-state index contributed by atoms with van der Waals surface area (Å²) in [6.45, 7) is 1.74. The molecule has 8 heteroatoms. The molecule has 1 aliphatic heterocycles. The maximum atomic E-state index is 13.1. The summed E-state index contributed by atoms with van der Waals surface area (Å²) in [4.78, 5) is 25.6. The van der Waals surface area contributed by atoms with Crippen LogP contribution < -0.4 is 23.7 Å². The minimum atomic E-state index is -0.611. The number of hydrogen-bond donors (Lipinski definition) is 0. The van der Waals surface area contributed by atoms with E-state index < -0.39 is 5.97 Å². The second-order valence-electron chi connectivity index (χ2n) is 7.35. The predicted molar refractivity (Wildman–Crippen MR) is 127 cm³/mol. The van der Waals surface area contributed by atoms with Crippen molar-refractivity contribution in [2.24, 2.45) is 0 Å². The maximum Gasteiger partial charge on any atom is 0.345 e. The number of esters is 1. The van der Waals surface area contributed by atoms with Crippen LogP contribution in [0, 0.1) is 6.92 Å². The first-order chi connectivity index (χ1) is 16.4. The van der Waals surface area contributed by atoms with Gasteiger partial charge < -0.3 is 23.7 Å². The van der Waals surface area contributed by atoms with Crippen LogP contribution in [-0.2, 0) is 0 Å². The summed E-state index contributed by atoms with van der Waals surface area (Å²) in [6.07, 6.45) is 1.57. The average Bonchev–Trinajstić information content (AvgIpc) is 3.13. The number of hydrogen-bond acceptors (Lipinski definition) is 7. The summed E-state index contributed by atoms with van der Waals surface area (Å²) in [5, 5.41) is 0.283. The lowest BCUT2D eigenvalue weighted by Crippen LogP contribution is -2.09. The Morgan fingerprint density at radius 1 is 0.971 bits per heavy atom. The van der Waals surface area contributed by atoms with Crippen molar-refractivity contribution in [1.82, 2.24) is 0 Å². The predicted octanol–water partition coefficient (Wildman–Crippen LogP) is 5.51. The van der Waals surface area contributed by atoms with E-state index >= 15 is 0 Å². The molecular formula is C26H21ClO7. The molecule has 0 saturated carbocycles. The van der Waals surface area contributed by atoms with Gasteiger partial charge in [0.1, 0.15) is 11.5 Å². The molecule has 0 aromatic heterocycles. The molecule has 0 unspecified atom stereocenters. The van der Waals surface area contributed by atoms with Gasteiger partial charge in [0, 0.05) is 11.6 Å². The highest BCUT2D eigenvalue weighted by Crippen LogP contribution is 2.42. The summed E-state index contributed by atoms with van der Waals surface area (Å²) in [5.41, 5.74) is 1.80. The molecular weight excluding hydrogens is 460 g/mol. The Morgan fingerprint density at radius 2 is 1.71 bits per heavy atom. The van der Waals surface area contributed by atoms with Crippen LogP contribution in [-0.4, -0.2) is 33.1 Å². The second-order valence-corrected chi connectivity index (χ2v) is 7.75. The van der Waals surface area contributed by atoms with Crippen molar-refractivity contribution in [2.45, 2.75) is 6.92 Å². The van der Waals surface area contributed by atoms with Crippen LogP contribution in [0.25, 0.3) is 6.08 Å². The normalized spacial score (nSPS) is 13.3. The van der Waals surface area contributed by atoms with E-state index in [4.69, 9.17) is 35.3 Å². The summed E-state index contributed by atoms with van der Waals surface area (Å²) >= 11 is 6.09. The van der Waals surface area contributed by atoms with Gasteiger partial charge in [-0.25, -0.2) is 4.79 Å². The Bertz CT molecular complexity index is 1330. The molecule has 1 aliphatic rings. The van der Waals surface area contributed by atoms with Crippen LogP contribution >= 0.6 is 11.6 Å². The molecule has 0 radical (unpaired) electrons. The number of rotatable bonds is 6. The molecule has 7 nitrogen and oxygen atoms in total. The molecule has 1 heterocycles. The number of allylic oxidation sites excluding steroid dienone is 1. The first kappa shape index (κ1) is 23.2. The first-order valence-electron chi connectivity index (χ1n) is 10.2. The van der Waals surface area contributed by atoms with Crippen LogP contribution in [0.15, 0.2) is 54.3 Å². The van der Waals surface area contributed by atoms with Crippen molar-refractivity contribution in [3.8, 4) is 28.7 Å². The molecule has 4 rings (SSSR count). The Morgan fingerprint density at radius 3 is 2.38 bits per heavy atom. The van der Waals surface area contributed by atoms with Gasteiger partial charge >= 0.3 is 5.97 Å². The fourth-order valence-electron chi connectivity index (χ4n) is 3.70. The van der Waals surface area contributed by atoms with Gasteiger partial charge in [-0.2, -0.15) is 0 Å². The fraction of sp³-hybridized carbons (Fsp3) is 0.154. The Labute approximate surface area is 201 Å². The molecule has 3 aromatic rings. The average molecular weight is 481 g/mol. The minimum Gasteiger partial charge on any atom is -0.493 e. The van der Waals surface area contributed by atoms with Crippen LogP contribution in [0.3, 0.4) is 0 Å². The first-order valence-corrected chi connectivity index (χ1v) is 10.6.